The van der Waals surface area contributed by atoms with Gasteiger partial charge in [-0.05, 0) is 31.4 Å². The molecule has 0 aromatic carbocycles. The van der Waals surface area contributed by atoms with Gasteiger partial charge in [0, 0.05) is 19.8 Å². The molecule has 182 valence electrons. The lowest BCUT2D eigenvalue weighted by Crippen LogP contribution is -2.55. The van der Waals surface area contributed by atoms with Gasteiger partial charge in [-0.25, -0.2) is 9.59 Å². The zero-order valence-corrected chi connectivity index (χ0v) is 18.9. The second-order valence-electron chi connectivity index (χ2n) is 7.76. The van der Waals surface area contributed by atoms with Crippen molar-refractivity contribution < 1.29 is 19.1 Å². The maximum absolute atomic E-state index is 12.8. The Morgan fingerprint density at radius 3 is 2.73 bits per heavy atom. The van der Waals surface area contributed by atoms with E-state index in [-0.39, 0.29) is 24.3 Å². The normalized spacial score (nSPS) is 21.6. The van der Waals surface area contributed by atoms with E-state index in [2.05, 4.69) is 10.3 Å². The first-order valence-corrected chi connectivity index (χ1v) is 10.5. The van der Waals surface area contributed by atoms with Crippen LogP contribution in [0, 0.1) is 11.3 Å². The Morgan fingerprint density at radius 2 is 2.12 bits per heavy atom. The Kier molecular flexibility index (Phi) is 8.94. The standard InChI is InChI=1S/C20H32N8O5/c1-4-32-18(30)16-12(5-6-14(33-16)28-10-8-13(21)26-20(28)31)25-17(29)15(22)11(2)7-9-27(3)19(23)24/h5-6,8,10-12,14-16H,4,7,9,22H2,1-3H3,(H3,23,24)(H,25,29)(H2,21,26,31). The molecule has 1 aromatic heterocycles. The van der Waals surface area contributed by atoms with Crippen LogP contribution in [0.25, 0.3) is 0 Å². The minimum atomic E-state index is -1.21. The van der Waals surface area contributed by atoms with Gasteiger partial charge in [0.05, 0.1) is 18.7 Å². The van der Waals surface area contributed by atoms with Gasteiger partial charge in [-0.15, -0.1) is 0 Å². The average molecular weight is 465 g/mol. The van der Waals surface area contributed by atoms with E-state index in [4.69, 9.17) is 32.1 Å². The highest BCUT2D eigenvalue weighted by Gasteiger charge is 2.37. The molecule has 0 aliphatic carbocycles. The first kappa shape index (κ1) is 25.8. The van der Waals surface area contributed by atoms with Crippen LogP contribution < -0.4 is 28.2 Å². The number of rotatable bonds is 9. The van der Waals surface area contributed by atoms with Crippen LogP contribution in [0.3, 0.4) is 0 Å². The third kappa shape index (κ3) is 6.76. The van der Waals surface area contributed by atoms with Gasteiger partial charge in [-0.2, -0.15) is 4.98 Å². The van der Waals surface area contributed by atoms with Gasteiger partial charge >= 0.3 is 11.7 Å². The summed E-state index contributed by atoms with van der Waals surface area (Å²) in [4.78, 5) is 42.6. The smallest absolute Gasteiger partial charge is 0.351 e. The number of carbonyl (C=O) groups excluding carboxylic acids is 2. The summed E-state index contributed by atoms with van der Waals surface area (Å²) in [7, 11) is 1.67. The predicted molar refractivity (Wildman–Crippen MR) is 121 cm³/mol. The van der Waals surface area contributed by atoms with E-state index in [0.717, 1.165) is 4.57 Å². The average Bonchev–Trinajstić information content (AvgIpc) is 2.77. The van der Waals surface area contributed by atoms with E-state index in [1.165, 1.54) is 18.3 Å². The number of aromatic nitrogens is 2. The Hall–Kier alpha value is -3.45. The van der Waals surface area contributed by atoms with E-state index in [1.54, 1.807) is 24.9 Å². The molecule has 0 spiro atoms. The molecule has 0 saturated heterocycles. The van der Waals surface area contributed by atoms with E-state index in [9.17, 15) is 14.4 Å². The second-order valence-corrected chi connectivity index (χ2v) is 7.76. The number of nitrogens with one attached hydrogen (secondary N) is 2. The van der Waals surface area contributed by atoms with Crippen LogP contribution in [-0.4, -0.2) is 70.7 Å². The Labute approximate surface area is 191 Å². The van der Waals surface area contributed by atoms with Gasteiger partial charge in [0.2, 0.25) is 5.91 Å². The van der Waals surface area contributed by atoms with Gasteiger partial charge < -0.3 is 36.9 Å². The van der Waals surface area contributed by atoms with Gasteiger partial charge in [-0.3, -0.25) is 14.8 Å². The van der Waals surface area contributed by atoms with Gasteiger partial charge in [0.25, 0.3) is 0 Å². The molecular weight excluding hydrogens is 432 g/mol. The van der Waals surface area contributed by atoms with Crippen LogP contribution in [0.4, 0.5) is 5.82 Å². The summed E-state index contributed by atoms with van der Waals surface area (Å²) >= 11 is 0. The summed E-state index contributed by atoms with van der Waals surface area (Å²) in [5, 5.41) is 10.1. The molecule has 1 aliphatic heterocycles. The number of carbonyl (C=O) groups is 2. The number of nitrogen functional groups attached to an aromatic ring is 1. The summed E-state index contributed by atoms with van der Waals surface area (Å²) in [6.45, 7) is 4.02. The number of esters is 1. The molecule has 5 atom stereocenters. The zero-order chi connectivity index (χ0) is 24.7. The summed E-state index contributed by atoms with van der Waals surface area (Å²) in [6, 6.07) is -0.304. The Bertz CT molecular complexity index is 949. The minimum absolute atomic E-state index is 0.0562. The fourth-order valence-electron chi connectivity index (χ4n) is 3.14. The molecule has 1 amide bonds. The first-order valence-electron chi connectivity index (χ1n) is 10.5. The van der Waals surface area contributed by atoms with E-state index in [0.29, 0.717) is 13.0 Å². The third-order valence-electron chi connectivity index (χ3n) is 5.30. The van der Waals surface area contributed by atoms with Crippen LogP contribution >= 0.6 is 0 Å². The fourth-order valence-corrected chi connectivity index (χ4v) is 3.14. The SMILES string of the molecule is CCOC(=O)C1OC(n2ccc(N)nc2=O)C=CC1NC(=O)C(N)C(C)CCN(C)C(=N)N. The number of ether oxygens (including phenoxy) is 2. The maximum Gasteiger partial charge on any atom is 0.351 e. The number of hydrogen-bond donors (Lipinski definition) is 5. The lowest BCUT2D eigenvalue weighted by Gasteiger charge is -2.33. The molecular formula is C20H32N8O5. The van der Waals surface area contributed by atoms with Gasteiger partial charge in [0.1, 0.15) is 5.82 Å². The lowest BCUT2D eigenvalue weighted by molar-refractivity contribution is -0.165. The number of amides is 1. The summed E-state index contributed by atoms with van der Waals surface area (Å²) in [5.74, 6) is -1.43. The van der Waals surface area contributed by atoms with E-state index >= 15 is 0 Å². The van der Waals surface area contributed by atoms with Gasteiger partial charge in [0.15, 0.2) is 18.3 Å². The van der Waals surface area contributed by atoms with E-state index < -0.39 is 42.0 Å². The Morgan fingerprint density at radius 1 is 1.42 bits per heavy atom. The highest BCUT2D eigenvalue weighted by atomic mass is 16.6. The van der Waals surface area contributed by atoms with E-state index in [1.807, 2.05) is 6.92 Å². The molecule has 2 rings (SSSR count). The molecule has 1 aromatic rings. The number of nitrogens with two attached hydrogens (primary N) is 3. The van der Waals surface area contributed by atoms with Crippen molar-refractivity contribution in [1.29, 1.82) is 5.41 Å². The van der Waals surface area contributed by atoms with Crippen LogP contribution in [0.15, 0.2) is 29.2 Å². The van der Waals surface area contributed by atoms with Gasteiger partial charge in [-0.1, -0.05) is 13.0 Å². The molecule has 5 unspecified atom stereocenters. The number of hydrogen-bond acceptors (Lipinski definition) is 9. The fraction of sp³-hybridized carbons (Fsp3) is 0.550. The predicted octanol–water partition coefficient (Wildman–Crippen LogP) is -1.49. The summed E-state index contributed by atoms with van der Waals surface area (Å²) in [6.07, 6.45) is 2.85. The molecule has 33 heavy (non-hydrogen) atoms. The second kappa shape index (κ2) is 11.4. The highest BCUT2D eigenvalue weighted by Crippen LogP contribution is 2.22. The van der Waals surface area contributed by atoms with Crippen LogP contribution in [0.2, 0.25) is 0 Å². The largest absolute Gasteiger partial charge is 0.464 e. The minimum Gasteiger partial charge on any atom is -0.464 e. The van der Waals surface area contributed by atoms with Crippen molar-refractivity contribution >= 4 is 23.7 Å². The van der Waals surface area contributed by atoms with Crippen molar-refractivity contribution in [2.75, 3.05) is 25.9 Å². The van der Waals surface area contributed by atoms with Crippen molar-refractivity contribution in [2.45, 2.75) is 44.7 Å². The summed E-state index contributed by atoms with van der Waals surface area (Å²) in [5.41, 5.74) is 16.4. The van der Waals surface area contributed by atoms with Crippen LogP contribution in [0.5, 0.6) is 0 Å². The molecule has 13 heteroatoms. The molecule has 2 heterocycles. The zero-order valence-electron chi connectivity index (χ0n) is 18.9. The summed E-state index contributed by atoms with van der Waals surface area (Å²) < 4.78 is 12.0. The molecule has 8 N–H and O–H groups in total. The maximum atomic E-state index is 12.8. The van der Waals surface area contributed by atoms with Crippen molar-refractivity contribution in [1.82, 2.24) is 19.8 Å². The monoisotopic (exact) mass is 464 g/mol. The Balaban J connectivity index is 2.14. The van der Waals surface area contributed by atoms with Crippen molar-refractivity contribution in [3.63, 3.8) is 0 Å². The highest BCUT2D eigenvalue weighted by molar-refractivity contribution is 5.84. The molecule has 0 radical (unpaired) electrons. The topological polar surface area (TPSA) is 205 Å². The number of nitrogens with zero attached hydrogens (tertiary/aromatic N) is 3. The molecule has 0 fully saturated rings. The molecule has 1 aliphatic rings. The van der Waals surface area contributed by atoms with Crippen molar-refractivity contribution in [2.24, 2.45) is 17.4 Å². The number of anilines is 1. The first-order chi connectivity index (χ1) is 15.5. The lowest BCUT2D eigenvalue weighted by atomic mass is 9.97. The quantitative estimate of drug-likeness (QED) is 0.124. The van der Waals surface area contributed by atoms with Crippen molar-refractivity contribution in [3.05, 3.63) is 34.9 Å². The molecule has 0 bridgehead atoms. The number of guanidine groups is 1. The molecule has 0 saturated carbocycles. The van der Waals surface area contributed by atoms with Crippen molar-refractivity contribution in [3.8, 4) is 0 Å². The molecule has 13 nitrogen and oxygen atoms in total. The van der Waals surface area contributed by atoms with Crippen LogP contribution in [-0.2, 0) is 19.1 Å². The third-order valence-corrected chi connectivity index (χ3v) is 5.30. The van der Waals surface area contributed by atoms with Crippen LogP contribution in [0.1, 0.15) is 26.5 Å².